The van der Waals surface area contributed by atoms with E-state index in [1.54, 1.807) is 7.11 Å². The Labute approximate surface area is 113 Å². The molecule has 1 aromatic carbocycles. The van der Waals surface area contributed by atoms with Gasteiger partial charge in [0.05, 0.1) is 18.5 Å². The molecule has 0 saturated heterocycles. The monoisotopic (exact) mass is 262 g/mol. The van der Waals surface area contributed by atoms with Crippen LogP contribution in [0.4, 0.5) is 0 Å². The molecule has 18 heavy (non-hydrogen) atoms. The van der Waals surface area contributed by atoms with E-state index < -0.39 is 0 Å². The van der Waals surface area contributed by atoms with Crippen molar-refractivity contribution in [1.82, 2.24) is 0 Å². The van der Waals surface area contributed by atoms with Crippen LogP contribution in [0.5, 0.6) is 5.75 Å². The molecule has 1 aromatic heterocycles. The highest BCUT2D eigenvalue weighted by molar-refractivity contribution is 7.10. The molecule has 0 saturated carbocycles. The fraction of sp³-hybridized carbons (Fsp3) is 0.333. The number of methoxy groups -OCH3 is 1. The maximum Gasteiger partial charge on any atom is 0.118 e. The molecule has 0 aliphatic heterocycles. The summed E-state index contributed by atoms with van der Waals surface area (Å²) >= 11 is 1.85. The molecule has 0 radical (unpaired) electrons. The van der Waals surface area contributed by atoms with Crippen molar-refractivity contribution in [1.29, 1.82) is 0 Å². The number of aryl methyl sites for hydroxylation is 1. The van der Waals surface area contributed by atoms with Crippen LogP contribution in [0.2, 0.25) is 0 Å². The lowest BCUT2D eigenvalue weighted by molar-refractivity contribution is -0.669. The summed E-state index contributed by atoms with van der Waals surface area (Å²) < 4.78 is 5.15. The van der Waals surface area contributed by atoms with Gasteiger partial charge in [-0.2, -0.15) is 0 Å². The van der Waals surface area contributed by atoms with E-state index in [0.717, 1.165) is 25.3 Å². The van der Waals surface area contributed by atoms with Gasteiger partial charge in [0.1, 0.15) is 12.3 Å². The Morgan fingerprint density at radius 2 is 1.94 bits per heavy atom. The largest absolute Gasteiger partial charge is 0.497 e. The Hall–Kier alpha value is -1.32. The first-order valence-electron chi connectivity index (χ1n) is 6.27. The second-order valence-electron chi connectivity index (χ2n) is 4.41. The van der Waals surface area contributed by atoms with E-state index in [-0.39, 0.29) is 0 Å². The van der Waals surface area contributed by atoms with Crippen LogP contribution in [0.15, 0.2) is 35.7 Å². The van der Waals surface area contributed by atoms with Gasteiger partial charge in [-0.3, -0.25) is 0 Å². The fourth-order valence-electron chi connectivity index (χ4n) is 1.91. The summed E-state index contributed by atoms with van der Waals surface area (Å²) in [5.41, 5.74) is 2.79. The Morgan fingerprint density at radius 3 is 2.56 bits per heavy atom. The summed E-state index contributed by atoms with van der Waals surface area (Å²) in [7, 11) is 1.70. The van der Waals surface area contributed by atoms with E-state index in [1.165, 1.54) is 16.0 Å². The Kier molecular flexibility index (Phi) is 4.79. The van der Waals surface area contributed by atoms with Crippen LogP contribution < -0.4 is 10.1 Å². The third-order valence-electron chi connectivity index (χ3n) is 3.09. The van der Waals surface area contributed by atoms with Crippen LogP contribution in [0.3, 0.4) is 0 Å². The molecule has 2 nitrogen and oxygen atoms in total. The second kappa shape index (κ2) is 6.57. The molecule has 0 atom stereocenters. The lowest BCUT2D eigenvalue weighted by Gasteiger charge is -2.03. The predicted octanol–water partition coefficient (Wildman–Crippen LogP) is 2.37. The summed E-state index contributed by atoms with van der Waals surface area (Å²) in [6.45, 7) is 4.41. The fourth-order valence-corrected chi connectivity index (χ4v) is 2.81. The number of ether oxygens (including phenoxy) is 1. The van der Waals surface area contributed by atoms with Crippen molar-refractivity contribution < 1.29 is 10.1 Å². The summed E-state index contributed by atoms with van der Waals surface area (Å²) in [5, 5.41) is 4.55. The lowest BCUT2D eigenvalue weighted by atomic mass is 10.1. The lowest BCUT2D eigenvalue weighted by Crippen LogP contribution is -2.83. The van der Waals surface area contributed by atoms with Crippen molar-refractivity contribution in [2.45, 2.75) is 19.9 Å². The number of quaternary nitrogens is 1. The SMILES string of the molecule is COc1ccc(CC[NH2+]Cc2sccc2C)cc1. The molecule has 2 rings (SSSR count). The van der Waals surface area contributed by atoms with Gasteiger partial charge in [-0.1, -0.05) is 12.1 Å². The van der Waals surface area contributed by atoms with Crippen molar-refractivity contribution in [2.24, 2.45) is 0 Å². The van der Waals surface area contributed by atoms with Gasteiger partial charge < -0.3 is 10.1 Å². The molecule has 0 amide bonds. The van der Waals surface area contributed by atoms with Gasteiger partial charge >= 0.3 is 0 Å². The number of hydrogen-bond donors (Lipinski definition) is 1. The average molecular weight is 262 g/mol. The van der Waals surface area contributed by atoms with Crippen LogP contribution >= 0.6 is 11.3 Å². The second-order valence-corrected chi connectivity index (χ2v) is 5.41. The average Bonchev–Trinajstić information content (AvgIpc) is 2.81. The van der Waals surface area contributed by atoms with Crippen molar-refractivity contribution >= 4 is 11.3 Å². The molecule has 0 spiro atoms. The molecule has 0 bridgehead atoms. The quantitative estimate of drug-likeness (QED) is 0.795. The van der Waals surface area contributed by atoms with Crippen molar-refractivity contribution in [3.63, 3.8) is 0 Å². The highest BCUT2D eigenvalue weighted by atomic mass is 32.1. The van der Waals surface area contributed by atoms with E-state index in [2.05, 4.69) is 35.8 Å². The molecular weight excluding hydrogens is 242 g/mol. The zero-order valence-corrected chi connectivity index (χ0v) is 11.8. The summed E-state index contributed by atoms with van der Waals surface area (Å²) in [6.07, 6.45) is 1.11. The summed E-state index contributed by atoms with van der Waals surface area (Å²) in [5.74, 6) is 0.928. The van der Waals surface area contributed by atoms with Crippen LogP contribution in [-0.2, 0) is 13.0 Å². The topological polar surface area (TPSA) is 25.8 Å². The zero-order valence-electron chi connectivity index (χ0n) is 11.0. The molecule has 2 N–H and O–H groups in total. The van der Waals surface area contributed by atoms with Gasteiger partial charge in [-0.15, -0.1) is 11.3 Å². The number of thiophene rings is 1. The molecule has 96 valence electrons. The normalized spacial score (nSPS) is 10.6. The van der Waals surface area contributed by atoms with Gasteiger partial charge in [0.25, 0.3) is 0 Å². The molecule has 0 unspecified atom stereocenters. The number of rotatable bonds is 6. The smallest absolute Gasteiger partial charge is 0.118 e. The Morgan fingerprint density at radius 1 is 1.17 bits per heavy atom. The Balaban J connectivity index is 1.73. The number of hydrogen-bond acceptors (Lipinski definition) is 2. The van der Waals surface area contributed by atoms with E-state index in [9.17, 15) is 0 Å². The number of benzene rings is 1. The van der Waals surface area contributed by atoms with E-state index >= 15 is 0 Å². The van der Waals surface area contributed by atoms with Crippen LogP contribution in [0.25, 0.3) is 0 Å². The molecule has 2 aromatic rings. The van der Waals surface area contributed by atoms with Crippen LogP contribution in [0.1, 0.15) is 16.0 Å². The van der Waals surface area contributed by atoms with E-state index in [4.69, 9.17) is 4.74 Å². The summed E-state index contributed by atoms with van der Waals surface area (Å²) in [6, 6.07) is 10.5. The van der Waals surface area contributed by atoms with Gasteiger partial charge in [0, 0.05) is 6.42 Å². The zero-order chi connectivity index (χ0) is 12.8. The van der Waals surface area contributed by atoms with Crippen LogP contribution in [0, 0.1) is 6.92 Å². The van der Waals surface area contributed by atoms with Gasteiger partial charge in [-0.05, 0) is 41.6 Å². The van der Waals surface area contributed by atoms with Gasteiger partial charge in [-0.25, -0.2) is 0 Å². The van der Waals surface area contributed by atoms with Crippen molar-refractivity contribution in [3.05, 3.63) is 51.7 Å². The first-order chi connectivity index (χ1) is 8.79. The minimum atomic E-state index is 0.928. The molecule has 1 heterocycles. The minimum Gasteiger partial charge on any atom is -0.497 e. The van der Waals surface area contributed by atoms with E-state index in [0.29, 0.717) is 0 Å². The summed E-state index contributed by atoms with van der Waals surface area (Å²) in [4.78, 5) is 1.49. The molecule has 0 aliphatic rings. The van der Waals surface area contributed by atoms with E-state index in [1.807, 2.05) is 23.5 Å². The standard InChI is InChI=1S/C15H19NOS/c1-12-8-10-18-15(12)11-16-9-7-13-3-5-14(17-2)6-4-13/h3-6,8,10,16H,7,9,11H2,1-2H3/p+1. The maximum absolute atomic E-state index is 5.15. The van der Waals surface area contributed by atoms with Crippen molar-refractivity contribution in [3.8, 4) is 5.75 Å². The van der Waals surface area contributed by atoms with Crippen LogP contribution in [-0.4, -0.2) is 13.7 Å². The molecule has 3 heteroatoms. The van der Waals surface area contributed by atoms with Gasteiger partial charge in [0.15, 0.2) is 0 Å². The number of nitrogens with two attached hydrogens (primary N) is 1. The molecule has 0 fully saturated rings. The van der Waals surface area contributed by atoms with Crippen molar-refractivity contribution in [2.75, 3.05) is 13.7 Å². The highest BCUT2D eigenvalue weighted by Gasteiger charge is 2.01. The molecular formula is C15H20NOS+. The predicted molar refractivity (Wildman–Crippen MR) is 76.3 cm³/mol. The molecule has 0 aliphatic carbocycles. The Bertz CT molecular complexity index is 475. The minimum absolute atomic E-state index is 0.928. The third-order valence-corrected chi connectivity index (χ3v) is 4.14. The van der Waals surface area contributed by atoms with Gasteiger partial charge in [0.2, 0.25) is 0 Å². The highest BCUT2D eigenvalue weighted by Crippen LogP contribution is 2.13. The first-order valence-corrected chi connectivity index (χ1v) is 7.15. The maximum atomic E-state index is 5.15. The third kappa shape index (κ3) is 3.59. The first kappa shape index (κ1) is 13.1.